The van der Waals surface area contributed by atoms with Crippen molar-refractivity contribution in [2.75, 3.05) is 0 Å². The molecule has 0 spiro atoms. The minimum atomic E-state index is -0.199. The van der Waals surface area contributed by atoms with Crippen molar-refractivity contribution < 1.29 is 4.79 Å². The topological polar surface area (TPSA) is 88.8 Å². The zero-order valence-electron chi connectivity index (χ0n) is 15.4. The van der Waals surface area contributed by atoms with Crippen LogP contribution in [0.4, 0.5) is 0 Å². The van der Waals surface area contributed by atoms with Crippen molar-refractivity contribution >= 4 is 5.91 Å². The van der Waals surface area contributed by atoms with Gasteiger partial charge in [0.15, 0.2) is 0 Å². The van der Waals surface area contributed by atoms with Crippen LogP contribution in [0.3, 0.4) is 0 Å². The molecule has 140 valence electrons. The van der Waals surface area contributed by atoms with Crippen molar-refractivity contribution in [1.29, 1.82) is 0 Å². The fourth-order valence-corrected chi connectivity index (χ4v) is 3.30. The highest BCUT2D eigenvalue weighted by atomic mass is 16.2. The van der Waals surface area contributed by atoms with E-state index in [2.05, 4.69) is 38.5 Å². The summed E-state index contributed by atoms with van der Waals surface area (Å²) in [7, 11) is 0. The molecule has 8 nitrogen and oxygen atoms in total. The second-order valence-corrected chi connectivity index (χ2v) is 6.82. The predicted octanol–water partition coefficient (Wildman–Crippen LogP) is 1.50. The zero-order chi connectivity index (χ0) is 18.8. The summed E-state index contributed by atoms with van der Waals surface area (Å²) >= 11 is 0. The van der Waals surface area contributed by atoms with Crippen LogP contribution in [0.15, 0.2) is 48.7 Å². The maximum Gasteiger partial charge on any atom is 0.273 e. The lowest BCUT2D eigenvalue weighted by Gasteiger charge is -2.11. The van der Waals surface area contributed by atoms with Crippen LogP contribution in [0.1, 0.15) is 39.9 Å². The largest absolute Gasteiger partial charge is 0.334 e. The Balaban J connectivity index is 1.35. The van der Waals surface area contributed by atoms with Gasteiger partial charge in [0.2, 0.25) is 0 Å². The molecule has 0 bridgehead atoms. The maximum atomic E-state index is 12.5. The van der Waals surface area contributed by atoms with E-state index in [0.29, 0.717) is 12.4 Å². The molecule has 0 saturated carbocycles. The van der Waals surface area contributed by atoms with Crippen molar-refractivity contribution in [1.82, 2.24) is 35.7 Å². The van der Waals surface area contributed by atoms with Crippen LogP contribution >= 0.6 is 0 Å². The summed E-state index contributed by atoms with van der Waals surface area (Å²) < 4.78 is 3.57. The minimum Gasteiger partial charge on any atom is -0.334 e. The summed E-state index contributed by atoms with van der Waals surface area (Å²) in [5, 5.41) is 11.8. The van der Waals surface area contributed by atoms with Gasteiger partial charge in [-0.15, -0.1) is 0 Å². The van der Waals surface area contributed by atoms with Gasteiger partial charge in [-0.2, -0.15) is 10.2 Å². The Hall–Kier alpha value is -2.97. The first-order valence-corrected chi connectivity index (χ1v) is 9.00. The number of carbonyl (C=O) groups is 1. The monoisotopic (exact) mass is 365 g/mol. The second-order valence-electron chi connectivity index (χ2n) is 6.82. The van der Waals surface area contributed by atoms with Crippen molar-refractivity contribution in [3.63, 3.8) is 0 Å². The van der Waals surface area contributed by atoms with E-state index in [1.165, 1.54) is 5.56 Å². The number of aryl methyl sites for hydroxylation is 2. The highest BCUT2D eigenvalue weighted by Gasteiger charge is 2.26. The van der Waals surface area contributed by atoms with E-state index in [4.69, 9.17) is 0 Å². The second kappa shape index (κ2) is 7.34. The summed E-state index contributed by atoms with van der Waals surface area (Å²) in [6.45, 7) is 4.43. The molecule has 0 radical (unpaired) electrons. The molecule has 3 N–H and O–H groups in total. The number of amides is 1. The van der Waals surface area contributed by atoms with Crippen molar-refractivity contribution in [3.05, 3.63) is 71.3 Å². The summed E-state index contributed by atoms with van der Waals surface area (Å²) in [6, 6.07) is 14.1. The van der Waals surface area contributed by atoms with E-state index in [1.54, 1.807) is 16.9 Å². The molecule has 2 unspecified atom stereocenters. The van der Waals surface area contributed by atoms with Crippen molar-refractivity contribution in [2.45, 2.75) is 39.1 Å². The zero-order valence-corrected chi connectivity index (χ0v) is 15.4. The molecule has 2 atom stereocenters. The number of carbonyl (C=O) groups excluding carboxylic acids is 1. The van der Waals surface area contributed by atoms with Gasteiger partial charge in [0.1, 0.15) is 12.4 Å². The first kappa shape index (κ1) is 17.4. The minimum absolute atomic E-state index is 0.149. The molecule has 0 aliphatic carbocycles. The fourth-order valence-electron chi connectivity index (χ4n) is 3.30. The Morgan fingerprint density at radius 1 is 1.19 bits per heavy atom. The van der Waals surface area contributed by atoms with Crippen LogP contribution in [-0.4, -0.2) is 31.6 Å². The van der Waals surface area contributed by atoms with Crippen molar-refractivity contribution in [3.8, 4) is 0 Å². The standard InChI is InChI=1S/C19H23N7O/c1-13-10-14(2)26(23-13)12-25-9-8-16(24-25)19(27)20-18-11-17(21-22-18)15-6-4-3-5-7-15/h3-10,17-18,21-22H,11-12H2,1-2H3,(H,20,27). The third kappa shape index (κ3) is 3.91. The third-order valence-electron chi connectivity index (χ3n) is 4.67. The quantitative estimate of drug-likeness (QED) is 0.638. The van der Waals surface area contributed by atoms with Gasteiger partial charge in [-0.25, -0.2) is 15.5 Å². The Labute approximate surface area is 157 Å². The van der Waals surface area contributed by atoms with Crippen LogP contribution in [0.2, 0.25) is 0 Å². The molecule has 1 amide bonds. The molecule has 3 aromatic rings. The van der Waals surface area contributed by atoms with Crippen LogP contribution in [0.5, 0.6) is 0 Å². The molecular formula is C19H23N7O. The predicted molar refractivity (Wildman–Crippen MR) is 101 cm³/mol. The third-order valence-corrected chi connectivity index (χ3v) is 4.67. The number of nitrogens with zero attached hydrogens (tertiary/aromatic N) is 4. The average Bonchev–Trinajstić information content (AvgIpc) is 3.37. The fraction of sp³-hybridized carbons (Fsp3) is 0.316. The lowest BCUT2D eigenvalue weighted by molar-refractivity contribution is 0.0926. The summed E-state index contributed by atoms with van der Waals surface area (Å²) in [5.41, 5.74) is 9.96. The van der Waals surface area contributed by atoms with E-state index in [0.717, 1.165) is 17.8 Å². The van der Waals surface area contributed by atoms with Crippen LogP contribution in [0.25, 0.3) is 0 Å². The molecule has 8 heteroatoms. The number of hydrogen-bond acceptors (Lipinski definition) is 5. The van der Waals surface area contributed by atoms with Gasteiger partial charge in [-0.05, 0) is 31.5 Å². The highest BCUT2D eigenvalue weighted by Crippen LogP contribution is 2.20. The SMILES string of the molecule is Cc1cc(C)n(Cn2ccc(C(=O)NC3CC(c4ccccc4)NN3)n2)n1. The van der Waals surface area contributed by atoms with E-state index >= 15 is 0 Å². The summed E-state index contributed by atoms with van der Waals surface area (Å²) in [4.78, 5) is 12.5. The highest BCUT2D eigenvalue weighted by molar-refractivity contribution is 5.92. The summed E-state index contributed by atoms with van der Waals surface area (Å²) in [5.74, 6) is -0.199. The number of nitrogens with one attached hydrogen (secondary N) is 3. The van der Waals surface area contributed by atoms with Crippen LogP contribution in [-0.2, 0) is 6.67 Å². The molecule has 1 fully saturated rings. The van der Waals surface area contributed by atoms with Gasteiger partial charge in [0, 0.05) is 24.4 Å². The molecule has 1 saturated heterocycles. The first-order chi connectivity index (χ1) is 13.1. The van der Waals surface area contributed by atoms with Gasteiger partial charge < -0.3 is 5.32 Å². The van der Waals surface area contributed by atoms with Gasteiger partial charge in [-0.3, -0.25) is 9.48 Å². The summed E-state index contributed by atoms with van der Waals surface area (Å²) in [6.07, 6.45) is 2.41. The molecule has 2 aromatic heterocycles. The number of aromatic nitrogens is 4. The Kier molecular flexibility index (Phi) is 4.74. The Bertz CT molecular complexity index is 931. The van der Waals surface area contributed by atoms with E-state index in [1.807, 2.05) is 42.8 Å². The maximum absolute atomic E-state index is 12.5. The molecule has 1 aliphatic rings. The van der Waals surface area contributed by atoms with Gasteiger partial charge in [0.05, 0.1) is 11.9 Å². The Morgan fingerprint density at radius 2 is 2.00 bits per heavy atom. The average molecular weight is 365 g/mol. The van der Waals surface area contributed by atoms with Crippen LogP contribution < -0.4 is 16.2 Å². The van der Waals surface area contributed by atoms with Gasteiger partial charge in [0.25, 0.3) is 5.91 Å². The lowest BCUT2D eigenvalue weighted by Crippen LogP contribution is -2.44. The number of benzene rings is 1. The Morgan fingerprint density at radius 3 is 2.74 bits per heavy atom. The molecule has 3 heterocycles. The van der Waals surface area contributed by atoms with Gasteiger partial charge >= 0.3 is 0 Å². The van der Waals surface area contributed by atoms with Crippen LogP contribution in [0, 0.1) is 13.8 Å². The van der Waals surface area contributed by atoms with E-state index < -0.39 is 0 Å². The number of rotatable bonds is 5. The normalized spacial score (nSPS) is 19.3. The molecular weight excluding hydrogens is 342 g/mol. The first-order valence-electron chi connectivity index (χ1n) is 9.00. The lowest BCUT2D eigenvalue weighted by atomic mass is 10.0. The van der Waals surface area contributed by atoms with Gasteiger partial charge in [-0.1, -0.05) is 30.3 Å². The molecule has 1 aliphatic heterocycles. The molecule has 27 heavy (non-hydrogen) atoms. The van der Waals surface area contributed by atoms with E-state index in [9.17, 15) is 4.79 Å². The van der Waals surface area contributed by atoms with Crippen molar-refractivity contribution in [2.24, 2.45) is 0 Å². The molecule has 1 aromatic carbocycles. The van der Waals surface area contributed by atoms with E-state index in [-0.39, 0.29) is 18.1 Å². The number of hydrazine groups is 1. The number of hydrogen-bond donors (Lipinski definition) is 3. The smallest absolute Gasteiger partial charge is 0.273 e. The molecule has 4 rings (SSSR count).